The van der Waals surface area contributed by atoms with E-state index < -0.39 is 21.5 Å². The van der Waals surface area contributed by atoms with E-state index in [1.165, 1.54) is 0 Å². The largest absolute Gasteiger partial charge is 0.698 e. The number of hydrogen-bond donors (Lipinski definition) is 2. The van der Waals surface area contributed by atoms with Crippen molar-refractivity contribution < 1.29 is 33.4 Å². The number of carbonyl (C=O) groups excluding carboxylic acids is 2. The highest BCUT2D eigenvalue weighted by molar-refractivity contribution is 7.33. The lowest BCUT2D eigenvalue weighted by Crippen LogP contribution is -2.17. The van der Waals surface area contributed by atoms with Gasteiger partial charge in [0.25, 0.3) is 0 Å². The van der Waals surface area contributed by atoms with Gasteiger partial charge in [-0.25, -0.2) is 0 Å². The van der Waals surface area contributed by atoms with Gasteiger partial charge in [-0.15, -0.1) is 9.05 Å². The highest BCUT2D eigenvalue weighted by Crippen LogP contribution is 2.41. The summed E-state index contributed by atoms with van der Waals surface area (Å²) >= 11 is 0. The lowest BCUT2D eigenvalue weighted by Gasteiger charge is -2.28. The first-order valence-electron chi connectivity index (χ1n) is 15.7. The fraction of sp³-hybridized carbons (Fsp3) is 0.526. The van der Waals surface area contributed by atoms with Crippen LogP contribution in [0.2, 0.25) is 0 Å². The molecule has 0 saturated heterocycles. The van der Waals surface area contributed by atoms with Gasteiger partial charge >= 0.3 is 8.25 Å². The van der Waals surface area contributed by atoms with Gasteiger partial charge in [-0.05, 0) is 94.2 Å². The van der Waals surface area contributed by atoms with Crippen molar-refractivity contribution in [2.24, 2.45) is 0 Å². The molecular formula is C38H54O7P+. The predicted octanol–water partition coefficient (Wildman–Crippen LogP) is 9.62. The molecule has 252 valence electrons. The van der Waals surface area contributed by atoms with Crippen molar-refractivity contribution in [2.45, 2.75) is 119 Å². The fourth-order valence-corrected chi connectivity index (χ4v) is 5.44. The van der Waals surface area contributed by atoms with Crippen LogP contribution in [0.3, 0.4) is 0 Å². The van der Waals surface area contributed by atoms with E-state index in [-0.39, 0.29) is 44.7 Å². The summed E-state index contributed by atoms with van der Waals surface area (Å²) in [7, 11) is -2.72. The van der Waals surface area contributed by atoms with Crippen LogP contribution in [0.25, 0.3) is 12.2 Å². The highest BCUT2D eigenvalue weighted by Gasteiger charge is 2.29. The summed E-state index contributed by atoms with van der Waals surface area (Å²) in [5, 5.41) is 21.9. The normalized spacial score (nSPS) is 14.0. The number of aromatic hydroxyl groups is 2. The second-order valence-corrected chi connectivity index (χ2v) is 17.2. The summed E-state index contributed by atoms with van der Waals surface area (Å²) < 4.78 is 22.7. The van der Waals surface area contributed by atoms with Crippen LogP contribution in [0.1, 0.15) is 130 Å². The second kappa shape index (κ2) is 14.3. The zero-order chi connectivity index (χ0) is 35.6. The quantitative estimate of drug-likeness (QED) is 0.194. The Morgan fingerprint density at radius 2 is 0.826 bits per heavy atom. The van der Waals surface area contributed by atoms with Crippen molar-refractivity contribution in [3.05, 3.63) is 68.8 Å². The van der Waals surface area contributed by atoms with Crippen molar-refractivity contribution in [3.8, 4) is 11.5 Å². The monoisotopic (exact) mass is 653 g/mol. The van der Waals surface area contributed by atoms with Gasteiger partial charge in [-0.1, -0.05) is 83.1 Å². The molecule has 0 amide bonds. The first kappa shape index (κ1) is 39.1. The van der Waals surface area contributed by atoms with E-state index in [2.05, 4.69) is 0 Å². The molecule has 0 aromatic heterocycles. The first-order valence-corrected chi connectivity index (χ1v) is 16.7. The predicted molar refractivity (Wildman–Crippen MR) is 188 cm³/mol. The van der Waals surface area contributed by atoms with Crippen molar-refractivity contribution in [1.29, 1.82) is 0 Å². The number of hydrogen-bond acceptors (Lipinski definition) is 7. The Kier molecular flexibility index (Phi) is 12.2. The van der Waals surface area contributed by atoms with Crippen LogP contribution in [-0.4, -0.2) is 35.0 Å². The molecule has 0 spiro atoms. The molecule has 2 aromatic rings. The van der Waals surface area contributed by atoms with Crippen LogP contribution in [0.4, 0.5) is 0 Å². The third-order valence-corrected chi connectivity index (χ3v) is 8.42. The summed E-state index contributed by atoms with van der Waals surface area (Å²) in [5.41, 5.74) is 4.18. The highest BCUT2D eigenvalue weighted by atomic mass is 31.1. The summed E-state index contributed by atoms with van der Waals surface area (Å²) in [6.07, 6.45) is 3.45. The fourth-order valence-electron chi connectivity index (χ4n) is 4.92. The third kappa shape index (κ3) is 10.4. The van der Waals surface area contributed by atoms with E-state index in [9.17, 15) is 24.4 Å². The van der Waals surface area contributed by atoms with Crippen molar-refractivity contribution in [1.82, 2.24) is 0 Å². The summed E-state index contributed by atoms with van der Waals surface area (Å²) in [6, 6.07) is 7.50. The van der Waals surface area contributed by atoms with Crippen molar-refractivity contribution in [2.75, 3.05) is 13.2 Å². The lowest BCUT2D eigenvalue weighted by molar-refractivity contribution is -0.117. The van der Waals surface area contributed by atoms with Gasteiger partial charge in [0.15, 0.2) is 24.8 Å². The minimum absolute atomic E-state index is 0.255. The summed E-state index contributed by atoms with van der Waals surface area (Å²) in [6.45, 7) is 26.6. The number of rotatable bonds is 10. The molecule has 0 aliphatic heterocycles. The van der Waals surface area contributed by atoms with E-state index in [1.807, 2.05) is 107 Å². The van der Waals surface area contributed by atoms with Crippen molar-refractivity contribution >= 4 is 32.0 Å². The molecule has 0 heterocycles. The van der Waals surface area contributed by atoms with Crippen LogP contribution < -0.4 is 0 Å². The molecular weight excluding hydrogens is 599 g/mol. The average Bonchev–Trinajstić information content (AvgIpc) is 2.89. The minimum atomic E-state index is -2.72. The standard InChI is InChI=1S/C38H53O7P/c1-23(15-25-17-27(35(3,4)5)33(41)28(18-25)36(6,7)8)31(39)21-44-46(43)45-22-32(40)24(2)16-26-19-29(37(9,10)11)34(42)30(20-26)38(12,13)14/h15-20H,21-22H2,1-14H3,(H-,39,40,41,42)/p+1. The molecule has 0 aliphatic carbocycles. The van der Waals surface area contributed by atoms with E-state index in [0.717, 1.165) is 33.4 Å². The zero-order valence-electron chi connectivity index (χ0n) is 30.3. The van der Waals surface area contributed by atoms with E-state index in [1.54, 1.807) is 26.0 Å². The SMILES string of the molecule is C/C(=C\c1cc(C(C)(C)C)c(O)c(C(C)(C)C)c1)C(=O)CO[P+](=O)OCC(=O)/C(C)=C/c1cc(C(C)(C)C)c(O)c(C(C)(C)C)c1. The van der Waals surface area contributed by atoms with Gasteiger partial charge in [0.2, 0.25) is 0 Å². The maximum atomic E-state index is 12.8. The maximum Gasteiger partial charge on any atom is 0.698 e. The van der Waals surface area contributed by atoms with Gasteiger partial charge in [-0.3, -0.25) is 9.59 Å². The topological polar surface area (TPSA) is 110 Å². The Labute approximate surface area is 277 Å². The molecule has 0 bridgehead atoms. The Hall–Kier alpha value is -3.12. The maximum absolute atomic E-state index is 12.8. The Morgan fingerprint density at radius 3 is 1.04 bits per heavy atom. The lowest BCUT2D eigenvalue weighted by atomic mass is 9.78. The molecule has 2 rings (SSSR count). The number of Topliss-reactive ketones (excluding diaryl/α,β-unsaturated/α-hetero) is 2. The minimum Gasteiger partial charge on any atom is -0.507 e. The second-order valence-electron chi connectivity index (χ2n) is 16.2. The smallest absolute Gasteiger partial charge is 0.507 e. The first-order chi connectivity index (χ1) is 20.7. The number of phenolic OH excluding ortho intramolecular Hbond substituents is 2. The zero-order valence-corrected chi connectivity index (χ0v) is 31.2. The van der Waals surface area contributed by atoms with Gasteiger partial charge in [0, 0.05) is 26.8 Å². The number of carbonyl (C=O) groups is 2. The van der Waals surface area contributed by atoms with Gasteiger partial charge in [0.1, 0.15) is 11.5 Å². The van der Waals surface area contributed by atoms with Crippen LogP contribution in [0.5, 0.6) is 11.5 Å². The van der Waals surface area contributed by atoms with E-state index in [0.29, 0.717) is 11.1 Å². The van der Waals surface area contributed by atoms with E-state index in [4.69, 9.17) is 9.05 Å². The number of phenols is 2. The summed E-state index contributed by atoms with van der Waals surface area (Å²) in [4.78, 5) is 25.7. The molecule has 0 saturated carbocycles. The van der Waals surface area contributed by atoms with E-state index >= 15 is 0 Å². The Morgan fingerprint density at radius 1 is 0.587 bits per heavy atom. The molecule has 0 atom stereocenters. The molecule has 0 fully saturated rings. The number of ketones is 2. The molecule has 2 aromatic carbocycles. The Balaban J connectivity index is 2.13. The van der Waals surface area contributed by atoms with Crippen molar-refractivity contribution in [3.63, 3.8) is 0 Å². The van der Waals surface area contributed by atoms with Gasteiger partial charge < -0.3 is 10.2 Å². The number of benzene rings is 2. The molecule has 7 nitrogen and oxygen atoms in total. The molecule has 8 heteroatoms. The summed E-state index contributed by atoms with van der Waals surface area (Å²) in [5.74, 6) is -0.251. The average molecular weight is 654 g/mol. The third-order valence-electron chi connectivity index (χ3n) is 7.74. The molecule has 0 aliphatic rings. The van der Waals surface area contributed by atoms with Gasteiger partial charge in [-0.2, -0.15) is 0 Å². The van der Waals surface area contributed by atoms with Crippen LogP contribution in [0.15, 0.2) is 35.4 Å². The molecule has 2 N–H and O–H groups in total. The Bertz CT molecular complexity index is 1360. The van der Waals surface area contributed by atoms with Crippen LogP contribution >= 0.6 is 8.25 Å². The van der Waals surface area contributed by atoms with Crippen LogP contribution in [-0.2, 0) is 44.9 Å². The van der Waals surface area contributed by atoms with Crippen LogP contribution in [0, 0.1) is 0 Å². The molecule has 46 heavy (non-hydrogen) atoms. The molecule has 0 radical (unpaired) electrons. The molecule has 0 unspecified atom stereocenters. The van der Waals surface area contributed by atoms with Gasteiger partial charge in [0.05, 0.1) is 0 Å².